The number of para-hydroxylation sites is 2. The van der Waals surface area contributed by atoms with Gasteiger partial charge in [-0.3, -0.25) is 9.69 Å². The Hall–Kier alpha value is -3.64. The highest BCUT2D eigenvalue weighted by Gasteiger charge is 2.37. The molecular weight excluding hydrogens is 400 g/mol. The molecule has 2 N–H and O–H groups in total. The summed E-state index contributed by atoms with van der Waals surface area (Å²) in [4.78, 5) is 33.3. The second kappa shape index (κ2) is 8.00. The summed E-state index contributed by atoms with van der Waals surface area (Å²) >= 11 is 6.33. The highest BCUT2D eigenvalue weighted by atomic mass is 35.5. The average Bonchev–Trinajstić information content (AvgIpc) is 2.86. The molecule has 7 heteroatoms. The molecule has 0 saturated heterocycles. The molecule has 1 unspecified atom stereocenters. The van der Waals surface area contributed by atoms with Gasteiger partial charge in [-0.2, -0.15) is 0 Å². The smallest absolute Gasteiger partial charge is 0.321 e. The fourth-order valence-electron chi connectivity index (χ4n) is 3.52. The SMILES string of the molecule is CN1C(=O)C(N(C(N)=O)c2ccccc2Cl)N=C(c2ccccc2)c2ccccc21. The van der Waals surface area contributed by atoms with Crippen molar-refractivity contribution < 1.29 is 9.59 Å². The fraction of sp³-hybridized carbons (Fsp3) is 0.0870. The van der Waals surface area contributed by atoms with E-state index < -0.39 is 18.1 Å². The van der Waals surface area contributed by atoms with E-state index in [9.17, 15) is 9.59 Å². The summed E-state index contributed by atoms with van der Waals surface area (Å²) < 4.78 is 0. The minimum Gasteiger partial charge on any atom is -0.351 e. The number of benzene rings is 3. The largest absolute Gasteiger partial charge is 0.351 e. The van der Waals surface area contributed by atoms with Crippen LogP contribution in [0.25, 0.3) is 0 Å². The topological polar surface area (TPSA) is 79.0 Å². The number of benzodiazepines with no additional fused rings is 1. The Labute approximate surface area is 179 Å². The molecule has 0 spiro atoms. The first kappa shape index (κ1) is 19.7. The van der Waals surface area contributed by atoms with Crippen molar-refractivity contribution in [2.24, 2.45) is 10.7 Å². The van der Waals surface area contributed by atoms with Crippen molar-refractivity contribution in [1.29, 1.82) is 0 Å². The van der Waals surface area contributed by atoms with Gasteiger partial charge in [0.15, 0.2) is 0 Å². The van der Waals surface area contributed by atoms with Gasteiger partial charge in [-0.05, 0) is 18.2 Å². The van der Waals surface area contributed by atoms with Gasteiger partial charge in [-0.15, -0.1) is 0 Å². The van der Waals surface area contributed by atoms with Crippen LogP contribution in [0.2, 0.25) is 5.02 Å². The molecular formula is C23H19ClN4O2. The van der Waals surface area contributed by atoms with Crippen molar-refractivity contribution in [1.82, 2.24) is 0 Å². The summed E-state index contributed by atoms with van der Waals surface area (Å²) in [6.45, 7) is 0. The van der Waals surface area contributed by atoms with Crippen LogP contribution in [-0.4, -0.2) is 30.9 Å². The van der Waals surface area contributed by atoms with Crippen molar-refractivity contribution >= 4 is 40.6 Å². The number of likely N-dealkylation sites (N-methyl/N-ethyl adjacent to an activating group) is 1. The van der Waals surface area contributed by atoms with Crippen molar-refractivity contribution in [3.63, 3.8) is 0 Å². The minimum atomic E-state index is -1.21. The number of amides is 3. The molecule has 0 radical (unpaired) electrons. The van der Waals surface area contributed by atoms with Gasteiger partial charge in [0.05, 0.1) is 22.1 Å². The van der Waals surface area contributed by atoms with E-state index in [1.54, 1.807) is 31.3 Å². The third-order valence-corrected chi connectivity index (χ3v) is 5.28. The molecule has 30 heavy (non-hydrogen) atoms. The number of halogens is 1. The molecule has 0 aliphatic carbocycles. The van der Waals surface area contributed by atoms with Gasteiger partial charge < -0.3 is 10.6 Å². The molecule has 0 aromatic heterocycles. The quantitative estimate of drug-likeness (QED) is 0.695. The molecule has 0 saturated carbocycles. The number of carbonyl (C=O) groups excluding carboxylic acids is 2. The van der Waals surface area contributed by atoms with Gasteiger partial charge in [-0.25, -0.2) is 9.79 Å². The standard InChI is InChI=1S/C23H19ClN4O2/c1-27-18-13-7-5-11-16(18)20(15-9-3-2-4-10-15)26-21(22(27)29)28(23(25)30)19-14-8-6-12-17(19)24/h2-14,21H,1H3,(H2,25,30). The number of anilines is 2. The number of nitrogens with two attached hydrogens (primary N) is 1. The first-order valence-corrected chi connectivity index (χ1v) is 9.70. The lowest BCUT2D eigenvalue weighted by Crippen LogP contribution is -2.51. The number of fused-ring (bicyclic) bond motifs is 1. The molecule has 3 aromatic carbocycles. The van der Waals surface area contributed by atoms with E-state index >= 15 is 0 Å². The van der Waals surface area contributed by atoms with Gasteiger partial charge in [0.2, 0.25) is 6.17 Å². The number of hydrogen-bond donors (Lipinski definition) is 1. The maximum atomic E-state index is 13.4. The summed E-state index contributed by atoms with van der Waals surface area (Å²) in [7, 11) is 1.66. The molecule has 1 aliphatic rings. The summed E-state index contributed by atoms with van der Waals surface area (Å²) in [6.07, 6.45) is -1.21. The Balaban J connectivity index is 1.96. The molecule has 1 heterocycles. The minimum absolute atomic E-state index is 0.296. The Bertz CT molecular complexity index is 1150. The van der Waals surface area contributed by atoms with Crippen LogP contribution >= 0.6 is 11.6 Å². The molecule has 3 amide bonds. The van der Waals surface area contributed by atoms with Crippen molar-refractivity contribution in [3.8, 4) is 0 Å². The summed E-state index contributed by atoms with van der Waals surface area (Å²) in [5.74, 6) is -0.396. The zero-order valence-corrected chi connectivity index (χ0v) is 17.0. The maximum Gasteiger partial charge on any atom is 0.321 e. The van der Waals surface area contributed by atoms with Crippen LogP contribution in [-0.2, 0) is 4.79 Å². The second-order valence-electron chi connectivity index (χ2n) is 6.79. The fourth-order valence-corrected chi connectivity index (χ4v) is 3.74. The summed E-state index contributed by atoms with van der Waals surface area (Å²) in [6, 6.07) is 22.9. The normalized spacial score (nSPS) is 15.8. The molecule has 0 fully saturated rings. The third kappa shape index (κ3) is 3.42. The maximum absolute atomic E-state index is 13.4. The number of primary amides is 1. The average molecular weight is 419 g/mol. The number of aliphatic imine (C=N–C) groups is 1. The first-order valence-electron chi connectivity index (χ1n) is 9.32. The highest BCUT2D eigenvalue weighted by molar-refractivity contribution is 6.34. The van der Waals surface area contributed by atoms with Gasteiger partial charge in [0.1, 0.15) is 0 Å². The van der Waals surface area contributed by atoms with Crippen LogP contribution in [0.1, 0.15) is 11.1 Å². The lowest BCUT2D eigenvalue weighted by atomic mass is 10.0. The number of urea groups is 1. The molecule has 4 rings (SSSR count). The number of hydrogen-bond acceptors (Lipinski definition) is 3. The predicted molar refractivity (Wildman–Crippen MR) is 119 cm³/mol. The molecule has 1 atom stereocenters. The van der Waals surface area contributed by atoms with E-state index in [4.69, 9.17) is 22.3 Å². The second-order valence-corrected chi connectivity index (χ2v) is 7.20. The zero-order chi connectivity index (χ0) is 21.3. The van der Waals surface area contributed by atoms with Crippen molar-refractivity contribution in [3.05, 3.63) is 95.0 Å². The number of rotatable bonds is 3. The van der Waals surface area contributed by atoms with Crippen LogP contribution in [0.15, 0.2) is 83.9 Å². The van der Waals surface area contributed by atoms with Gasteiger partial charge in [0.25, 0.3) is 5.91 Å². The van der Waals surface area contributed by atoms with E-state index in [-0.39, 0.29) is 0 Å². The Morgan fingerprint density at radius 1 is 1.00 bits per heavy atom. The summed E-state index contributed by atoms with van der Waals surface area (Å²) in [5, 5.41) is 0.296. The summed E-state index contributed by atoms with van der Waals surface area (Å²) in [5.41, 5.74) is 8.91. The molecule has 1 aliphatic heterocycles. The predicted octanol–water partition coefficient (Wildman–Crippen LogP) is 4.07. The van der Waals surface area contributed by atoms with Crippen LogP contribution in [0, 0.1) is 0 Å². The molecule has 0 bridgehead atoms. The zero-order valence-electron chi connectivity index (χ0n) is 16.2. The first-order chi connectivity index (χ1) is 14.5. The van der Waals surface area contributed by atoms with Crippen LogP contribution < -0.4 is 15.5 Å². The monoisotopic (exact) mass is 418 g/mol. The van der Waals surface area contributed by atoms with E-state index in [0.717, 1.165) is 16.0 Å². The highest BCUT2D eigenvalue weighted by Crippen LogP contribution is 2.32. The van der Waals surface area contributed by atoms with Crippen LogP contribution in [0.5, 0.6) is 0 Å². The molecule has 150 valence electrons. The van der Waals surface area contributed by atoms with E-state index in [2.05, 4.69) is 0 Å². The van der Waals surface area contributed by atoms with Gasteiger partial charge in [0, 0.05) is 18.2 Å². The third-order valence-electron chi connectivity index (χ3n) is 4.96. The number of carbonyl (C=O) groups is 2. The molecule has 3 aromatic rings. The van der Waals surface area contributed by atoms with Crippen molar-refractivity contribution in [2.75, 3.05) is 16.8 Å². The van der Waals surface area contributed by atoms with E-state index in [1.807, 2.05) is 54.6 Å². The van der Waals surface area contributed by atoms with Gasteiger partial charge in [-0.1, -0.05) is 72.3 Å². The lowest BCUT2D eigenvalue weighted by Gasteiger charge is -2.29. The Morgan fingerprint density at radius 3 is 2.33 bits per heavy atom. The van der Waals surface area contributed by atoms with E-state index in [1.165, 1.54) is 4.90 Å². The Morgan fingerprint density at radius 2 is 1.63 bits per heavy atom. The number of nitrogens with zero attached hydrogens (tertiary/aromatic N) is 3. The van der Waals surface area contributed by atoms with Crippen molar-refractivity contribution in [2.45, 2.75) is 6.17 Å². The van der Waals surface area contributed by atoms with Gasteiger partial charge >= 0.3 is 6.03 Å². The Kier molecular flexibility index (Phi) is 5.25. The van der Waals surface area contributed by atoms with Crippen LogP contribution in [0.3, 0.4) is 0 Å². The van der Waals surface area contributed by atoms with E-state index in [0.29, 0.717) is 22.1 Å². The lowest BCUT2D eigenvalue weighted by molar-refractivity contribution is -0.119. The van der Waals surface area contributed by atoms with Crippen LogP contribution in [0.4, 0.5) is 16.2 Å². The molecule has 6 nitrogen and oxygen atoms in total.